The van der Waals surface area contributed by atoms with Crippen LogP contribution in [0.4, 0.5) is 11.4 Å². The zero-order valence-electron chi connectivity index (χ0n) is 30.5. The van der Waals surface area contributed by atoms with Gasteiger partial charge in [-0.15, -0.1) is 11.6 Å². The van der Waals surface area contributed by atoms with Gasteiger partial charge in [0.15, 0.2) is 0 Å². The van der Waals surface area contributed by atoms with Crippen molar-refractivity contribution in [3.63, 3.8) is 0 Å². The third kappa shape index (κ3) is 12.6. The number of phenolic OH excluding ortho intramolecular Hbond substituents is 2. The standard InChI is InChI=1S/C18H25N5O3.C10H14N2O.C8H12ClN3O2/c1-20-17(25)14-19-23(18(20)26)8-3-2-7-21-9-11-22(12-10-21)15-5-4-6-16(24)13-15;13-10-3-1-2-9(8-10)12-6-4-11-5-7-12;1-11-7(13)6-10-12(8(11)14)5-3-2-4-9/h4-6,13-14,24H,2-3,7-12H2,1H3;1-3,8,11,13H,4-7H2;6H,2-5H2,1H3. The van der Waals surface area contributed by atoms with Gasteiger partial charge in [0.25, 0.3) is 11.1 Å². The van der Waals surface area contributed by atoms with Crippen LogP contribution in [0.25, 0.3) is 0 Å². The number of anilines is 2. The van der Waals surface area contributed by atoms with E-state index < -0.39 is 0 Å². The summed E-state index contributed by atoms with van der Waals surface area (Å²) in [6, 6.07) is 14.8. The molecule has 53 heavy (non-hydrogen) atoms. The Balaban J connectivity index is 0.000000196. The molecule has 2 aliphatic rings. The molecule has 0 radical (unpaired) electrons. The molecule has 2 aromatic heterocycles. The number of aryl methyl sites for hydroxylation is 2. The molecule has 0 spiro atoms. The molecule has 2 fully saturated rings. The zero-order valence-corrected chi connectivity index (χ0v) is 31.3. The van der Waals surface area contributed by atoms with Crippen molar-refractivity contribution < 1.29 is 10.2 Å². The molecule has 2 aromatic carbocycles. The maximum Gasteiger partial charge on any atom is 0.347 e. The van der Waals surface area contributed by atoms with Crippen LogP contribution >= 0.6 is 11.6 Å². The van der Waals surface area contributed by atoms with Gasteiger partial charge in [0.05, 0.1) is 0 Å². The largest absolute Gasteiger partial charge is 0.508 e. The van der Waals surface area contributed by atoms with Crippen molar-refractivity contribution >= 4 is 23.0 Å². The van der Waals surface area contributed by atoms with Crippen molar-refractivity contribution in [3.05, 3.63) is 103 Å². The van der Waals surface area contributed by atoms with Crippen LogP contribution in [0.15, 0.2) is 80.1 Å². The van der Waals surface area contributed by atoms with Gasteiger partial charge in [0, 0.05) is 109 Å². The summed E-state index contributed by atoms with van der Waals surface area (Å²) >= 11 is 5.50. The molecule has 0 saturated carbocycles. The molecule has 288 valence electrons. The fraction of sp³-hybridized carbons (Fsp3) is 0.500. The third-order valence-electron chi connectivity index (χ3n) is 9.02. The van der Waals surface area contributed by atoms with Crippen molar-refractivity contribution in [2.75, 3.05) is 74.6 Å². The molecule has 6 rings (SSSR count). The Bertz CT molecular complexity index is 1970. The number of hydrogen-bond donors (Lipinski definition) is 3. The van der Waals surface area contributed by atoms with Gasteiger partial charge in [-0.2, -0.15) is 10.2 Å². The Morgan fingerprint density at radius 1 is 0.642 bits per heavy atom. The molecular weight excluding hydrogens is 704 g/mol. The van der Waals surface area contributed by atoms with Crippen LogP contribution in [0.3, 0.4) is 0 Å². The van der Waals surface area contributed by atoms with Crippen LogP contribution < -0.4 is 37.6 Å². The number of nitrogens with one attached hydrogen (secondary N) is 1. The minimum atomic E-state index is -0.386. The summed E-state index contributed by atoms with van der Waals surface area (Å²) in [6.45, 7) is 9.92. The van der Waals surface area contributed by atoms with E-state index in [9.17, 15) is 29.4 Å². The van der Waals surface area contributed by atoms with Crippen LogP contribution in [-0.4, -0.2) is 109 Å². The molecule has 2 saturated heterocycles. The van der Waals surface area contributed by atoms with Crippen LogP contribution in [0.1, 0.15) is 25.7 Å². The Morgan fingerprint density at radius 2 is 1.09 bits per heavy atom. The predicted molar refractivity (Wildman–Crippen MR) is 207 cm³/mol. The van der Waals surface area contributed by atoms with Gasteiger partial charge in [-0.3, -0.25) is 23.6 Å². The van der Waals surface area contributed by atoms with Gasteiger partial charge in [-0.25, -0.2) is 19.0 Å². The van der Waals surface area contributed by atoms with E-state index in [2.05, 4.69) is 30.2 Å². The van der Waals surface area contributed by atoms with Crippen molar-refractivity contribution in [3.8, 4) is 11.5 Å². The van der Waals surface area contributed by atoms with E-state index in [-0.39, 0.29) is 22.5 Å². The number of hydrogen-bond acceptors (Lipinski definition) is 12. The predicted octanol–water partition coefficient (Wildman–Crippen LogP) is 1.01. The second-order valence-electron chi connectivity index (χ2n) is 12.8. The highest BCUT2D eigenvalue weighted by Crippen LogP contribution is 2.22. The van der Waals surface area contributed by atoms with Crippen molar-refractivity contribution in [2.45, 2.75) is 38.8 Å². The number of alkyl halides is 1. The summed E-state index contributed by atoms with van der Waals surface area (Å²) in [5.41, 5.74) is 0.662. The summed E-state index contributed by atoms with van der Waals surface area (Å²) in [4.78, 5) is 52.6. The lowest BCUT2D eigenvalue weighted by molar-refractivity contribution is 0.250. The monoisotopic (exact) mass is 754 g/mol. The number of benzene rings is 2. The number of halogens is 1. The maximum atomic E-state index is 11.9. The number of phenols is 2. The average Bonchev–Trinajstić information content (AvgIpc) is 3.17. The highest BCUT2D eigenvalue weighted by molar-refractivity contribution is 6.17. The Hall–Kier alpha value is -4.93. The van der Waals surface area contributed by atoms with Gasteiger partial charge in [-0.05, 0) is 56.5 Å². The highest BCUT2D eigenvalue weighted by atomic mass is 35.5. The molecule has 4 aromatic rings. The minimum Gasteiger partial charge on any atom is -0.508 e. The SMILES string of the molecule is Cn1c(=O)cnn(CCCCCl)c1=O.Cn1c(=O)cnn(CCCCN2CCN(c3cccc(O)c3)CC2)c1=O.Oc1cccc(N2CCNCC2)c1. The Morgan fingerprint density at radius 3 is 1.57 bits per heavy atom. The molecule has 0 amide bonds. The second-order valence-corrected chi connectivity index (χ2v) is 13.2. The number of rotatable bonds is 11. The van der Waals surface area contributed by atoms with Gasteiger partial charge in [0.1, 0.15) is 23.9 Å². The lowest BCUT2D eigenvalue weighted by Gasteiger charge is -2.36. The first-order chi connectivity index (χ1) is 25.6. The molecule has 2 aliphatic heterocycles. The van der Waals surface area contributed by atoms with Crippen molar-refractivity contribution in [2.24, 2.45) is 14.1 Å². The molecule has 16 nitrogen and oxygen atoms in total. The van der Waals surface area contributed by atoms with Gasteiger partial charge in [-0.1, -0.05) is 12.1 Å². The Kier molecular flexibility index (Phi) is 16.1. The normalized spacial score (nSPS) is 14.5. The van der Waals surface area contributed by atoms with Gasteiger partial charge < -0.3 is 25.3 Å². The summed E-state index contributed by atoms with van der Waals surface area (Å²) in [7, 11) is 2.90. The molecule has 4 heterocycles. The van der Waals surface area contributed by atoms with E-state index in [4.69, 9.17) is 11.6 Å². The van der Waals surface area contributed by atoms with Crippen LogP contribution in [0, 0.1) is 0 Å². The summed E-state index contributed by atoms with van der Waals surface area (Å²) in [5.74, 6) is 1.21. The zero-order chi connectivity index (χ0) is 38.2. The number of nitrogens with zero attached hydrogens (tertiary/aromatic N) is 9. The van der Waals surface area contributed by atoms with Crippen molar-refractivity contribution in [1.29, 1.82) is 0 Å². The van der Waals surface area contributed by atoms with E-state index in [1.54, 1.807) is 18.2 Å². The van der Waals surface area contributed by atoms with Gasteiger partial charge >= 0.3 is 11.4 Å². The Labute approximate surface area is 313 Å². The second kappa shape index (κ2) is 20.9. The lowest BCUT2D eigenvalue weighted by Crippen LogP contribution is -2.46. The molecule has 0 atom stereocenters. The fourth-order valence-electron chi connectivity index (χ4n) is 5.84. The number of piperazine rings is 2. The van der Waals surface area contributed by atoms with E-state index >= 15 is 0 Å². The minimum absolute atomic E-state index is 0.298. The first kappa shape index (κ1) is 40.8. The van der Waals surface area contributed by atoms with E-state index in [1.807, 2.05) is 30.3 Å². The maximum absolute atomic E-state index is 11.9. The van der Waals surface area contributed by atoms with Crippen molar-refractivity contribution in [1.82, 2.24) is 38.9 Å². The fourth-order valence-corrected chi connectivity index (χ4v) is 6.03. The molecule has 0 bridgehead atoms. The number of unbranched alkanes of at least 4 members (excludes halogenated alkanes) is 2. The molecule has 17 heteroatoms. The van der Waals surface area contributed by atoms with Crippen LogP contribution in [0.2, 0.25) is 0 Å². The number of aromatic nitrogens is 6. The first-order valence-electron chi connectivity index (χ1n) is 17.9. The lowest BCUT2D eigenvalue weighted by atomic mass is 10.2. The topological polar surface area (TPSA) is 176 Å². The summed E-state index contributed by atoms with van der Waals surface area (Å²) in [6.07, 6.45) is 5.76. The van der Waals surface area contributed by atoms with E-state index in [0.29, 0.717) is 30.5 Å². The third-order valence-corrected chi connectivity index (χ3v) is 9.29. The average molecular weight is 755 g/mol. The molecule has 3 N–H and O–H groups in total. The molecular formula is C36H51ClN10O6. The highest BCUT2D eigenvalue weighted by Gasteiger charge is 2.17. The van der Waals surface area contributed by atoms with Crippen LogP contribution in [0.5, 0.6) is 11.5 Å². The smallest absolute Gasteiger partial charge is 0.347 e. The van der Waals surface area contributed by atoms with E-state index in [0.717, 1.165) is 111 Å². The quantitative estimate of drug-likeness (QED) is 0.147. The summed E-state index contributed by atoms with van der Waals surface area (Å²) in [5, 5.41) is 29.8. The van der Waals surface area contributed by atoms with Crippen LogP contribution in [-0.2, 0) is 27.2 Å². The summed E-state index contributed by atoms with van der Waals surface area (Å²) < 4.78 is 4.73. The molecule has 0 unspecified atom stereocenters. The number of aromatic hydroxyl groups is 2. The first-order valence-corrected chi connectivity index (χ1v) is 18.4. The van der Waals surface area contributed by atoms with Gasteiger partial charge in [0.2, 0.25) is 0 Å². The van der Waals surface area contributed by atoms with E-state index in [1.165, 1.54) is 29.7 Å². The molecule has 0 aliphatic carbocycles.